The van der Waals surface area contributed by atoms with Crippen molar-refractivity contribution in [2.45, 2.75) is 6.92 Å². The number of carbonyl (C=O) groups excluding carboxylic acids is 1. The molecule has 3 rings (SSSR count). The Morgan fingerprint density at radius 3 is 2.58 bits per heavy atom. The summed E-state index contributed by atoms with van der Waals surface area (Å²) in [5.74, 6) is 1.40. The first-order chi connectivity index (χ1) is 11.7. The molecule has 1 heterocycles. The van der Waals surface area contributed by atoms with Crippen molar-refractivity contribution >= 4 is 16.8 Å². The third kappa shape index (κ3) is 3.68. The second kappa shape index (κ2) is 7.08. The SMILES string of the molecule is COc1ccc2cc(C(=O)NCCOc3ccc(C)cc3)[nH]c2c1. The molecule has 1 amide bonds. The van der Waals surface area contributed by atoms with Gasteiger partial charge in [-0.05, 0) is 37.3 Å². The van der Waals surface area contributed by atoms with Crippen molar-refractivity contribution in [3.63, 3.8) is 0 Å². The van der Waals surface area contributed by atoms with Gasteiger partial charge in [0, 0.05) is 17.0 Å². The maximum Gasteiger partial charge on any atom is 0.267 e. The van der Waals surface area contributed by atoms with E-state index in [1.54, 1.807) is 7.11 Å². The first kappa shape index (κ1) is 15.9. The monoisotopic (exact) mass is 324 g/mol. The summed E-state index contributed by atoms with van der Waals surface area (Å²) in [6.45, 7) is 2.88. The zero-order valence-electron chi connectivity index (χ0n) is 13.8. The average molecular weight is 324 g/mol. The fourth-order valence-corrected chi connectivity index (χ4v) is 2.42. The molecule has 0 unspecified atom stereocenters. The van der Waals surface area contributed by atoms with Crippen LogP contribution in [0.4, 0.5) is 0 Å². The summed E-state index contributed by atoms with van der Waals surface area (Å²) in [6, 6.07) is 15.3. The zero-order chi connectivity index (χ0) is 16.9. The molecular formula is C19H20N2O3. The summed E-state index contributed by atoms with van der Waals surface area (Å²) in [6.07, 6.45) is 0. The van der Waals surface area contributed by atoms with Gasteiger partial charge < -0.3 is 19.8 Å². The molecule has 0 aliphatic heterocycles. The number of nitrogens with one attached hydrogen (secondary N) is 2. The largest absolute Gasteiger partial charge is 0.497 e. The van der Waals surface area contributed by atoms with Crippen LogP contribution in [0, 0.1) is 6.92 Å². The van der Waals surface area contributed by atoms with Crippen molar-refractivity contribution in [1.82, 2.24) is 10.3 Å². The number of fused-ring (bicyclic) bond motifs is 1. The number of aromatic nitrogens is 1. The summed E-state index contributed by atoms with van der Waals surface area (Å²) in [7, 11) is 1.62. The van der Waals surface area contributed by atoms with Crippen molar-refractivity contribution in [2.24, 2.45) is 0 Å². The van der Waals surface area contributed by atoms with Crippen molar-refractivity contribution in [2.75, 3.05) is 20.3 Å². The van der Waals surface area contributed by atoms with Crippen LogP contribution in [0.2, 0.25) is 0 Å². The minimum atomic E-state index is -0.155. The first-order valence-electron chi connectivity index (χ1n) is 7.80. The molecule has 0 bridgehead atoms. The maximum absolute atomic E-state index is 12.2. The second-order valence-corrected chi connectivity index (χ2v) is 5.55. The quantitative estimate of drug-likeness (QED) is 0.684. The zero-order valence-corrected chi connectivity index (χ0v) is 13.8. The Morgan fingerprint density at radius 1 is 1.08 bits per heavy atom. The van der Waals surface area contributed by atoms with Gasteiger partial charge in [-0.25, -0.2) is 0 Å². The standard InChI is InChI=1S/C19H20N2O3/c1-13-3-6-15(7-4-13)24-10-9-20-19(22)18-11-14-5-8-16(23-2)12-17(14)21-18/h3-8,11-12,21H,9-10H2,1-2H3,(H,20,22). The molecule has 0 aliphatic rings. The van der Waals surface area contributed by atoms with E-state index in [0.717, 1.165) is 22.4 Å². The molecule has 2 aromatic carbocycles. The highest BCUT2D eigenvalue weighted by atomic mass is 16.5. The van der Waals surface area contributed by atoms with Crippen LogP contribution in [0.5, 0.6) is 11.5 Å². The van der Waals surface area contributed by atoms with Crippen molar-refractivity contribution in [1.29, 1.82) is 0 Å². The summed E-state index contributed by atoms with van der Waals surface area (Å²) < 4.78 is 10.8. The van der Waals surface area contributed by atoms with E-state index >= 15 is 0 Å². The molecule has 24 heavy (non-hydrogen) atoms. The number of methoxy groups -OCH3 is 1. The van der Waals surface area contributed by atoms with Gasteiger partial charge in [0.05, 0.1) is 13.7 Å². The molecule has 5 nitrogen and oxygen atoms in total. The number of rotatable bonds is 6. The Balaban J connectivity index is 1.54. The highest BCUT2D eigenvalue weighted by molar-refractivity contribution is 5.98. The van der Waals surface area contributed by atoms with Crippen LogP contribution in [0.1, 0.15) is 16.1 Å². The number of ether oxygens (including phenoxy) is 2. The molecular weight excluding hydrogens is 304 g/mol. The van der Waals surface area contributed by atoms with Crippen LogP contribution < -0.4 is 14.8 Å². The third-order valence-corrected chi connectivity index (χ3v) is 3.75. The van der Waals surface area contributed by atoms with Gasteiger partial charge in [-0.1, -0.05) is 17.7 Å². The normalized spacial score (nSPS) is 10.6. The van der Waals surface area contributed by atoms with E-state index in [9.17, 15) is 4.79 Å². The van der Waals surface area contributed by atoms with E-state index < -0.39 is 0 Å². The van der Waals surface area contributed by atoms with Crippen LogP contribution in [-0.4, -0.2) is 31.2 Å². The highest BCUT2D eigenvalue weighted by Gasteiger charge is 2.09. The number of hydrogen-bond donors (Lipinski definition) is 2. The molecule has 3 aromatic rings. The minimum absolute atomic E-state index is 0.155. The van der Waals surface area contributed by atoms with E-state index in [-0.39, 0.29) is 5.91 Å². The molecule has 0 radical (unpaired) electrons. The molecule has 0 fully saturated rings. The topological polar surface area (TPSA) is 63.4 Å². The Hall–Kier alpha value is -2.95. The van der Waals surface area contributed by atoms with E-state index in [2.05, 4.69) is 10.3 Å². The summed E-state index contributed by atoms with van der Waals surface area (Å²) in [4.78, 5) is 15.3. The van der Waals surface area contributed by atoms with Gasteiger partial charge in [0.25, 0.3) is 5.91 Å². The van der Waals surface area contributed by atoms with Gasteiger partial charge in [0.2, 0.25) is 0 Å². The van der Waals surface area contributed by atoms with Gasteiger partial charge in [0.1, 0.15) is 23.8 Å². The Kier molecular flexibility index (Phi) is 4.70. The first-order valence-corrected chi connectivity index (χ1v) is 7.80. The average Bonchev–Trinajstić information content (AvgIpc) is 3.03. The van der Waals surface area contributed by atoms with Crippen LogP contribution in [0.25, 0.3) is 10.9 Å². The summed E-state index contributed by atoms with van der Waals surface area (Å²) in [5, 5.41) is 3.81. The molecule has 0 atom stereocenters. The van der Waals surface area contributed by atoms with Crippen LogP contribution in [0.15, 0.2) is 48.5 Å². The number of aromatic amines is 1. The van der Waals surface area contributed by atoms with E-state index in [4.69, 9.17) is 9.47 Å². The van der Waals surface area contributed by atoms with E-state index in [1.165, 1.54) is 5.56 Å². The fourth-order valence-electron chi connectivity index (χ4n) is 2.42. The Labute approximate surface area is 140 Å². The van der Waals surface area contributed by atoms with Gasteiger partial charge in [0.15, 0.2) is 0 Å². The lowest BCUT2D eigenvalue weighted by Gasteiger charge is -2.07. The lowest BCUT2D eigenvalue weighted by Crippen LogP contribution is -2.28. The van der Waals surface area contributed by atoms with Crippen LogP contribution >= 0.6 is 0 Å². The Morgan fingerprint density at radius 2 is 1.83 bits per heavy atom. The van der Waals surface area contributed by atoms with E-state index in [1.807, 2.05) is 55.5 Å². The summed E-state index contributed by atoms with van der Waals surface area (Å²) in [5.41, 5.74) is 2.58. The number of hydrogen-bond acceptors (Lipinski definition) is 3. The maximum atomic E-state index is 12.2. The minimum Gasteiger partial charge on any atom is -0.497 e. The van der Waals surface area contributed by atoms with Gasteiger partial charge in [-0.2, -0.15) is 0 Å². The molecule has 2 N–H and O–H groups in total. The lowest BCUT2D eigenvalue weighted by atomic mass is 10.2. The van der Waals surface area contributed by atoms with Gasteiger partial charge in [-0.15, -0.1) is 0 Å². The molecule has 0 saturated carbocycles. The highest BCUT2D eigenvalue weighted by Crippen LogP contribution is 2.21. The second-order valence-electron chi connectivity index (χ2n) is 5.55. The number of H-pyrrole nitrogens is 1. The Bertz CT molecular complexity index is 837. The van der Waals surface area contributed by atoms with Crippen molar-refractivity contribution < 1.29 is 14.3 Å². The number of aryl methyl sites for hydroxylation is 1. The summed E-state index contributed by atoms with van der Waals surface area (Å²) >= 11 is 0. The van der Waals surface area contributed by atoms with Crippen LogP contribution in [0.3, 0.4) is 0 Å². The smallest absolute Gasteiger partial charge is 0.267 e. The lowest BCUT2D eigenvalue weighted by molar-refractivity contribution is 0.0943. The predicted octanol–water partition coefficient (Wildman–Crippen LogP) is 3.29. The predicted molar refractivity (Wildman–Crippen MR) is 93.9 cm³/mol. The van der Waals surface area contributed by atoms with Gasteiger partial charge in [-0.3, -0.25) is 4.79 Å². The number of benzene rings is 2. The van der Waals surface area contributed by atoms with Crippen LogP contribution in [-0.2, 0) is 0 Å². The van der Waals surface area contributed by atoms with Gasteiger partial charge >= 0.3 is 0 Å². The molecule has 124 valence electrons. The molecule has 0 saturated heterocycles. The van der Waals surface area contributed by atoms with E-state index in [0.29, 0.717) is 18.8 Å². The molecule has 0 spiro atoms. The molecule has 5 heteroatoms. The van der Waals surface area contributed by atoms with Crippen molar-refractivity contribution in [3.05, 3.63) is 59.8 Å². The third-order valence-electron chi connectivity index (χ3n) is 3.75. The molecule has 1 aromatic heterocycles. The van der Waals surface area contributed by atoms with Crippen molar-refractivity contribution in [3.8, 4) is 11.5 Å². The molecule has 0 aliphatic carbocycles. The fraction of sp³-hybridized carbons (Fsp3) is 0.211. The number of amides is 1. The number of carbonyl (C=O) groups is 1.